The number of benzene rings is 1. The molecule has 4 nitrogen and oxygen atoms in total. The number of hydrogen-bond acceptors (Lipinski definition) is 3. The third-order valence-electron chi connectivity index (χ3n) is 4.38. The van der Waals surface area contributed by atoms with Gasteiger partial charge in [-0.2, -0.15) is 0 Å². The predicted molar refractivity (Wildman–Crippen MR) is 88.5 cm³/mol. The third kappa shape index (κ3) is 6.16. The molecule has 1 saturated heterocycles. The van der Waals surface area contributed by atoms with Gasteiger partial charge in [-0.15, -0.1) is 0 Å². The molecule has 1 fully saturated rings. The van der Waals surface area contributed by atoms with Gasteiger partial charge in [0.2, 0.25) is 5.91 Å². The molecule has 0 bridgehead atoms. The van der Waals surface area contributed by atoms with E-state index < -0.39 is 0 Å². The third-order valence-corrected chi connectivity index (χ3v) is 4.38. The monoisotopic (exact) mass is 304 g/mol. The molecule has 1 aromatic rings. The maximum Gasteiger partial charge on any atom is 0.220 e. The number of hydrogen-bond donors (Lipinski definition) is 2. The number of amides is 1. The molecule has 0 aromatic heterocycles. The number of nitrogens with one attached hydrogen (secondary N) is 2. The predicted octanol–water partition coefficient (Wildman–Crippen LogP) is 2.35. The largest absolute Gasteiger partial charge is 0.375 e. The average Bonchev–Trinajstić information content (AvgIpc) is 2.56. The molecule has 2 N–H and O–H groups in total. The minimum Gasteiger partial charge on any atom is -0.375 e. The van der Waals surface area contributed by atoms with E-state index in [1.165, 1.54) is 12.8 Å². The smallest absolute Gasteiger partial charge is 0.220 e. The lowest BCUT2D eigenvalue weighted by Crippen LogP contribution is -2.34. The molecular formula is C18H28N2O2. The van der Waals surface area contributed by atoms with Crippen molar-refractivity contribution >= 4 is 5.91 Å². The van der Waals surface area contributed by atoms with Gasteiger partial charge in [-0.1, -0.05) is 37.3 Å². The minimum absolute atomic E-state index is 0.148. The Morgan fingerprint density at radius 3 is 2.77 bits per heavy atom. The first-order valence-corrected chi connectivity index (χ1v) is 8.35. The summed E-state index contributed by atoms with van der Waals surface area (Å²) in [7, 11) is 0. The molecule has 1 heterocycles. The molecule has 0 radical (unpaired) electrons. The van der Waals surface area contributed by atoms with E-state index in [-0.39, 0.29) is 5.91 Å². The number of piperidine rings is 1. The highest BCUT2D eigenvalue weighted by Crippen LogP contribution is 2.23. The lowest BCUT2D eigenvalue weighted by molar-refractivity contribution is -0.122. The molecular weight excluding hydrogens is 276 g/mol. The molecule has 1 aliphatic rings. The number of rotatable bonds is 8. The fourth-order valence-corrected chi connectivity index (χ4v) is 2.97. The van der Waals surface area contributed by atoms with E-state index in [1.807, 2.05) is 30.3 Å². The zero-order valence-corrected chi connectivity index (χ0v) is 13.5. The highest BCUT2D eigenvalue weighted by Gasteiger charge is 2.21. The quantitative estimate of drug-likeness (QED) is 0.725. The second-order valence-corrected chi connectivity index (χ2v) is 6.16. The first-order chi connectivity index (χ1) is 10.8. The van der Waals surface area contributed by atoms with Crippen molar-refractivity contribution in [1.82, 2.24) is 10.6 Å². The van der Waals surface area contributed by atoms with Gasteiger partial charge in [-0.3, -0.25) is 4.79 Å². The summed E-state index contributed by atoms with van der Waals surface area (Å²) in [6, 6.07) is 10.1. The SMILES string of the molecule is CC(CC(=O)NCCOCc1ccccc1)C1CCNCC1. The Morgan fingerprint density at radius 1 is 1.32 bits per heavy atom. The highest BCUT2D eigenvalue weighted by atomic mass is 16.5. The van der Waals surface area contributed by atoms with E-state index in [4.69, 9.17) is 4.74 Å². The fourth-order valence-electron chi connectivity index (χ4n) is 2.97. The number of carbonyl (C=O) groups is 1. The zero-order valence-electron chi connectivity index (χ0n) is 13.5. The van der Waals surface area contributed by atoms with Gasteiger partial charge in [0.15, 0.2) is 0 Å². The second-order valence-electron chi connectivity index (χ2n) is 6.16. The normalized spacial score (nSPS) is 17.1. The fraction of sp³-hybridized carbons (Fsp3) is 0.611. The summed E-state index contributed by atoms with van der Waals surface area (Å²) in [5.74, 6) is 1.29. The van der Waals surface area contributed by atoms with Crippen LogP contribution in [0.2, 0.25) is 0 Å². The van der Waals surface area contributed by atoms with Crippen molar-refractivity contribution in [2.75, 3.05) is 26.2 Å². The number of ether oxygens (including phenoxy) is 1. The van der Waals surface area contributed by atoms with Gasteiger partial charge in [0.1, 0.15) is 0 Å². The van der Waals surface area contributed by atoms with Gasteiger partial charge in [0, 0.05) is 13.0 Å². The molecule has 2 rings (SSSR count). The summed E-state index contributed by atoms with van der Waals surface area (Å²) < 4.78 is 5.57. The van der Waals surface area contributed by atoms with Crippen molar-refractivity contribution in [2.24, 2.45) is 11.8 Å². The minimum atomic E-state index is 0.148. The molecule has 122 valence electrons. The summed E-state index contributed by atoms with van der Waals surface area (Å²) >= 11 is 0. The van der Waals surface area contributed by atoms with E-state index in [2.05, 4.69) is 17.6 Å². The van der Waals surface area contributed by atoms with Crippen molar-refractivity contribution in [3.63, 3.8) is 0 Å². The molecule has 1 aromatic carbocycles. The van der Waals surface area contributed by atoms with E-state index >= 15 is 0 Å². The van der Waals surface area contributed by atoms with Crippen LogP contribution in [-0.4, -0.2) is 32.1 Å². The molecule has 4 heteroatoms. The Kier molecular flexibility index (Phi) is 7.40. The Labute approximate surface area is 133 Å². The van der Waals surface area contributed by atoms with Gasteiger partial charge >= 0.3 is 0 Å². The van der Waals surface area contributed by atoms with Crippen LogP contribution in [0.4, 0.5) is 0 Å². The Hall–Kier alpha value is -1.39. The summed E-state index contributed by atoms with van der Waals surface area (Å²) in [6.45, 7) is 6.12. The van der Waals surface area contributed by atoms with Crippen molar-refractivity contribution in [1.29, 1.82) is 0 Å². The average molecular weight is 304 g/mol. The van der Waals surface area contributed by atoms with Crippen molar-refractivity contribution in [2.45, 2.75) is 32.8 Å². The molecule has 0 aliphatic carbocycles. The van der Waals surface area contributed by atoms with E-state index in [0.29, 0.717) is 38.0 Å². The van der Waals surface area contributed by atoms with Gasteiger partial charge in [0.05, 0.1) is 13.2 Å². The molecule has 22 heavy (non-hydrogen) atoms. The summed E-state index contributed by atoms with van der Waals surface area (Å²) in [4.78, 5) is 11.9. The van der Waals surface area contributed by atoms with Crippen LogP contribution in [0.25, 0.3) is 0 Å². The number of carbonyl (C=O) groups excluding carboxylic acids is 1. The molecule has 1 unspecified atom stereocenters. The summed E-state index contributed by atoms with van der Waals surface area (Å²) in [5, 5.41) is 6.33. The highest BCUT2D eigenvalue weighted by molar-refractivity contribution is 5.76. The standard InChI is InChI=1S/C18H28N2O2/c1-15(17-7-9-19-10-8-17)13-18(21)20-11-12-22-14-16-5-3-2-4-6-16/h2-6,15,17,19H,7-14H2,1H3,(H,20,21). The Morgan fingerprint density at radius 2 is 2.05 bits per heavy atom. The van der Waals surface area contributed by atoms with E-state index in [9.17, 15) is 4.79 Å². The van der Waals surface area contributed by atoms with Crippen LogP contribution in [0.15, 0.2) is 30.3 Å². The summed E-state index contributed by atoms with van der Waals surface area (Å²) in [6.07, 6.45) is 3.01. The Balaban J connectivity index is 1.53. The van der Waals surface area contributed by atoms with Crippen LogP contribution in [0, 0.1) is 11.8 Å². The maximum absolute atomic E-state index is 11.9. The van der Waals surface area contributed by atoms with E-state index in [0.717, 1.165) is 18.7 Å². The van der Waals surface area contributed by atoms with Crippen molar-refractivity contribution in [3.8, 4) is 0 Å². The topological polar surface area (TPSA) is 50.4 Å². The molecule has 0 spiro atoms. The lowest BCUT2D eigenvalue weighted by Gasteiger charge is -2.27. The van der Waals surface area contributed by atoms with Gasteiger partial charge < -0.3 is 15.4 Å². The first-order valence-electron chi connectivity index (χ1n) is 8.35. The van der Waals surface area contributed by atoms with Crippen LogP contribution < -0.4 is 10.6 Å². The Bertz CT molecular complexity index is 430. The molecule has 1 atom stereocenters. The first kappa shape index (κ1) is 17.0. The van der Waals surface area contributed by atoms with Crippen LogP contribution in [0.5, 0.6) is 0 Å². The zero-order chi connectivity index (χ0) is 15.6. The van der Waals surface area contributed by atoms with Crippen LogP contribution in [0.3, 0.4) is 0 Å². The van der Waals surface area contributed by atoms with Crippen LogP contribution in [-0.2, 0) is 16.1 Å². The van der Waals surface area contributed by atoms with Gasteiger partial charge in [-0.25, -0.2) is 0 Å². The lowest BCUT2D eigenvalue weighted by atomic mass is 9.84. The van der Waals surface area contributed by atoms with E-state index in [1.54, 1.807) is 0 Å². The van der Waals surface area contributed by atoms with Gasteiger partial charge in [0.25, 0.3) is 0 Å². The summed E-state index contributed by atoms with van der Waals surface area (Å²) in [5.41, 5.74) is 1.16. The van der Waals surface area contributed by atoms with Crippen molar-refractivity contribution in [3.05, 3.63) is 35.9 Å². The molecule has 0 saturated carbocycles. The second kappa shape index (κ2) is 9.59. The van der Waals surface area contributed by atoms with Crippen LogP contribution >= 0.6 is 0 Å². The van der Waals surface area contributed by atoms with Crippen LogP contribution in [0.1, 0.15) is 31.7 Å². The molecule has 1 aliphatic heterocycles. The molecule has 1 amide bonds. The van der Waals surface area contributed by atoms with Crippen molar-refractivity contribution < 1.29 is 9.53 Å². The van der Waals surface area contributed by atoms with Gasteiger partial charge in [-0.05, 0) is 43.3 Å². The maximum atomic E-state index is 11.9.